The Morgan fingerprint density at radius 3 is 2.68 bits per heavy atom. The SMILES string of the molecule is Cn1cc(N)c(C(=O)Nc2cc(Br)c(F)cc2F)n1. The molecule has 0 bridgehead atoms. The largest absolute Gasteiger partial charge is 0.396 e. The first-order chi connectivity index (χ1) is 8.88. The van der Waals surface area contributed by atoms with E-state index in [0.717, 1.165) is 6.07 Å². The van der Waals surface area contributed by atoms with Crippen LogP contribution in [0.25, 0.3) is 0 Å². The van der Waals surface area contributed by atoms with Crippen LogP contribution in [0.4, 0.5) is 20.2 Å². The number of nitrogens with two attached hydrogens (primary N) is 1. The van der Waals surface area contributed by atoms with Gasteiger partial charge in [-0.1, -0.05) is 0 Å². The lowest BCUT2D eigenvalue weighted by atomic mass is 10.2. The standard InChI is InChI=1S/C11H9BrF2N4O/c1-18-4-8(15)10(17-18)11(19)16-9-2-5(12)6(13)3-7(9)14/h2-4H,15H2,1H3,(H,16,19). The van der Waals surface area contributed by atoms with Gasteiger partial charge in [-0.25, -0.2) is 8.78 Å². The van der Waals surface area contributed by atoms with Crippen molar-refractivity contribution in [1.29, 1.82) is 0 Å². The van der Waals surface area contributed by atoms with Gasteiger partial charge in [-0.3, -0.25) is 9.48 Å². The lowest BCUT2D eigenvalue weighted by Gasteiger charge is -2.06. The number of benzene rings is 1. The maximum Gasteiger partial charge on any atom is 0.278 e. The minimum absolute atomic E-state index is 0.0256. The summed E-state index contributed by atoms with van der Waals surface area (Å²) in [6, 6.07) is 1.79. The van der Waals surface area contributed by atoms with E-state index in [4.69, 9.17) is 5.73 Å². The average Bonchev–Trinajstić information content (AvgIpc) is 2.65. The number of hydrogen-bond donors (Lipinski definition) is 2. The Morgan fingerprint density at radius 1 is 1.42 bits per heavy atom. The maximum atomic E-state index is 13.5. The number of nitrogen functional groups attached to an aromatic ring is 1. The van der Waals surface area contributed by atoms with Crippen LogP contribution in [0.15, 0.2) is 22.8 Å². The molecule has 0 saturated heterocycles. The van der Waals surface area contributed by atoms with Gasteiger partial charge in [0.25, 0.3) is 5.91 Å². The molecule has 0 spiro atoms. The fourth-order valence-electron chi connectivity index (χ4n) is 1.48. The van der Waals surface area contributed by atoms with Crippen LogP contribution in [0, 0.1) is 11.6 Å². The summed E-state index contributed by atoms with van der Waals surface area (Å²) in [5.41, 5.74) is 5.56. The normalized spacial score (nSPS) is 10.5. The molecule has 0 aliphatic carbocycles. The molecule has 0 aliphatic rings. The molecule has 0 fully saturated rings. The molecule has 2 rings (SSSR count). The van der Waals surface area contributed by atoms with Crippen LogP contribution in [0.2, 0.25) is 0 Å². The number of nitrogens with zero attached hydrogens (tertiary/aromatic N) is 2. The van der Waals surface area contributed by atoms with Crippen molar-refractivity contribution in [3.05, 3.63) is 40.1 Å². The van der Waals surface area contributed by atoms with Crippen molar-refractivity contribution in [3.63, 3.8) is 0 Å². The van der Waals surface area contributed by atoms with Gasteiger partial charge in [-0.05, 0) is 22.0 Å². The van der Waals surface area contributed by atoms with Crippen LogP contribution >= 0.6 is 15.9 Å². The zero-order valence-electron chi connectivity index (χ0n) is 9.75. The second kappa shape index (κ2) is 4.96. The molecule has 1 amide bonds. The molecule has 1 aromatic heterocycles. The van der Waals surface area contributed by atoms with Gasteiger partial charge in [0.1, 0.15) is 11.6 Å². The number of aromatic nitrogens is 2. The lowest BCUT2D eigenvalue weighted by Crippen LogP contribution is -2.15. The van der Waals surface area contributed by atoms with E-state index in [2.05, 4.69) is 26.3 Å². The van der Waals surface area contributed by atoms with Gasteiger partial charge in [-0.2, -0.15) is 5.10 Å². The number of rotatable bonds is 2. The predicted octanol–water partition coefficient (Wildman–Crippen LogP) is 2.30. The van der Waals surface area contributed by atoms with Gasteiger partial charge in [0.05, 0.1) is 15.8 Å². The van der Waals surface area contributed by atoms with Crippen molar-refractivity contribution >= 4 is 33.2 Å². The number of carbonyl (C=O) groups is 1. The molecular formula is C11H9BrF2N4O. The zero-order valence-corrected chi connectivity index (χ0v) is 11.3. The second-order valence-corrected chi connectivity index (χ2v) is 4.66. The van der Waals surface area contributed by atoms with Gasteiger partial charge >= 0.3 is 0 Å². The summed E-state index contributed by atoms with van der Waals surface area (Å²) in [6.45, 7) is 0. The van der Waals surface area contributed by atoms with Gasteiger partial charge in [0.15, 0.2) is 5.69 Å². The number of amides is 1. The van der Waals surface area contributed by atoms with Gasteiger partial charge in [0.2, 0.25) is 0 Å². The van der Waals surface area contributed by atoms with Crippen molar-refractivity contribution in [2.45, 2.75) is 0 Å². The molecular weight excluding hydrogens is 322 g/mol. The first kappa shape index (κ1) is 13.5. The number of nitrogens with one attached hydrogen (secondary N) is 1. The summed E-state index contributed by atoms with van der Waals surface area (Å²) < 4.78 is 27.9. The van der Waals surface area contributed by atoms with Crippen molar-refractivity contribution in [1.82, 2.24) is 9.78 Å². The monoisotopic (exact) mass is 330 g/mol. The minimum atomic E-state index is -0.886. The van der Waals surface area contributed by atoms with Crippen molar-refractivity contribution in [3.8, 4) is 0 Å². The van der Waals surface area contributed by atoms with Gasteiger partial charge < -0.3 is 11.1 Å². The van der Waals surface area contributed by atoms with Crippen molar-refractivity contribution in [2.75, 3.05) is 11.1 Å². The Labute approximate surface area is 115 Å². The molecule has 8 heteroatoms. The van der Waals surface area contributed by atoms with E-state index >= 15 is 0 Å². The van der Waals surface area contributed by atoms with Crippen molar-refractivity contribution < 1.29 is 13.6 Å². The molecule has 19 heavy (non-hydrogen) atoms. The number of aryl methyl sites for hydroxylation is 1. The highest BCUT2D eigenvalue weighted by molar-refractivity contribution is 9.10. The number of anilines is 2. The third kappa shape index (κ3) is 2.73. The Kier molecular flexibility index (Phi) is 3.52. The van der Waals surface area contributed by atoms with E-state index in [1.54, 1.807) is 7.05 Å². The fraction of sp³-hybridized carbons (Fsp3) is 0.0909. The highest BCUT2D eigenvalue weighted by atomic mass is 79.9. The van der Waals surface area contributed by atoms with Gasteiger partial charge in [0, 0.05) is 19.3 Å². The fourth-order valence-corrected chi connectivity index (χ4v) is 1.83. The summed E-state index contributed by atoms with van der Waals surface area (Å²) in [4.78, 5) is 11.9. The molecule has 5 nitrogen and oxygen atoms in total. The summed E-state index contributed by atoms with van der Waals surface area (Å²) in [6.07, 6.45) is 1.45. The Bertz CT molecular complexity index is 656. The minimum Gasteiger partial charge on any atom is -0.396 e. The van der Waals surface area contributed by atoms with E-state index < -0.39 is 17.5 Å². The highest BCUT2D eigenvalue weighted by Crippen LogP contribution is 2.24. The van der Waals surface area contributed by atoms with Crippen LogP contribution in [0.1, 0.15) is 10.5 Å². The summed E-state index contributed by atoms with van der Waals surface area (Å²) >= 11 is 2.91. The number of hydrogen-bond acceptors (Lipinski definition) is 3. The third-order valence-corrected chi connectivity index (χ3v) is 2.94. The first-order valence-electron chi connectivity index (χ1n) is 5.13. The molecule has 0 unspecified atom stereocenters. The first-order valence-corrected chi connectivity index (χ1v) is 5.93. The molecule has 0 radical (unpaired) electrons. The van der Waals surface area contributed by atoms with Crippen LogP contribution in [-0.4, -0.2) is 15.7 Å². The van der Waals surface area contributed by atoms with E-state index in [0.29, 0.717) is 6.07 Å². The lowest BCUT2D eigenvalue weighted by molar-refractivity contribution is 0.102. The third-order valence-electron chi connectivity index (χ3n) is 2.33. The number of carbonyl (C=O) groups excluding carboxylic acids is 1. The maximum absolute atomic E-state index is 13.5. The quantitative estimate of drug-likeness (QED) is 0.830. The highest BCUT2D eigenvalue weighted by Gasteiger charge is 2.17. The van der Waals surface area contributed by atoms with E-state index in [9.17, 15) is 13.6 Å². The van der Waals surface area contributed by atoms with Crippen LogP contribution in [0.5, 0.6) is 0 Å². The molecule has 1 aromatic carbocycles. The average molecular weight is 331 g/mol. The van der Waals surface area contributed by atoms with Gasteiger partial charge in [-0.15, -0.1) is 0 Å². The Hall–Kier alpha value is -1.96. The van der Waals surface area contributed by atoms with E-state index in [1.807, 2.05) is 0 Å². The summed E-state index contributed by atoms with van der Waals surface area (Å²) in [5.74, 6) is -2.31. The zero-order chi connectivity index (χ0) is 14.2. The van der Waals surface area contributed by atoms with Crippen LogP contribution < -0.4 is 11.1 Å². The molecule has 0 aliphatic heterocycles. The molecule has 1 heterocycles. The Balaban J connectivity index is 2.29. The van der Waals surface area contributed by atoms with Crippen LogP contribution in [-0.2, 0) is 7.05 Å². The molecule has 0 saturated carbocycles. The molecule has 3 N–H and O–H groups in total. The van der Waals surface area contributed by atoms with E-state index in [-0.39, 0.29) is 21.5 Å². The van der Waals surface area contributed by atoms with E-state index in [1.165, 1.54) is 10.9 Å². The Morgan fingerprint density at radius 2 is 2.11 bits per heavy atom. The number of halogens is 3. The summed E-state index contributed by atoms with van der Waals surface area (Å²) in [7, 11) is 1.60. The molecule has 100 valence electrons. The molecule has 0 atom stereocenters. The second-order valence-electron chi connectivity index (χ2n) is 3.81. The smallest absolute Gasteiger partial charge is 0.278 e. The topological polar surface area (TPSA) is 72.9 Å². The molecule has 2 aromatic rings. The van der Waals surface area contributed by atoms with Crippen LogP contribution in [0.3, 0.4) is 0 Å². The van der Waals surface area contributed by atoms with Crippen molar-refractivity contribution in [2.24, 2.45) is 7.05 Å². The predicted molar refractivity (Wildman–Crippen MR) is 69.6 cm³/mol. The summed E-state index contributed by atoms with van der Waals surface area (Å²) in [5, 5.41) is 6.13.